The zero-order valence-corrected chi connectivity index (χ0v) is 24.7. The first kappa shape index (κ1) is 28.5. The summed E-state index contributed by atoms with van der Waals surface area (Å²) in [7, 11) is -2.61. The molecule has 0 saturated carbocycles. The molecule has 0 bridgehead atoms. The van der Waals surface area contributed by atoms with Crippen molar-refractivity contribution in [2.75, 3.05) is 39.8 Å². The smallest absolute Gasteiger partial charge is 0.331 e. The number of thioether (sulfide) groups is 1. The van der Waals surface area contributed by atoms with Gasteiger partial charge in [0.1, 0.15) is 0 Å². The number of hydrogen-bond donors (Lipinski definition) is 1. The number of aliphatic imine (C=N–C) groups is 1. The quantitative estimate of drug-likeness (QED) is 0.316. The Hall–Kier alpha value is -3.07. The third kappa shape index (κ3) is 4.86. The maximum atomic E-state index is 13.8. The Morgan fingerprint density at radius 2 is 1.95 bits per heavy atom. The van der Waals surface area contributed by atoms with E-state index in [1.54, 1.807) is 16.7 Å². The molecule has 0 spiro atoms. The third-order valence-corrected chi connectivity index (χ3v) is 10.4. The highest BCUT2D eigenvalue weighted by molar-refractivity contribution is 8.18. The summed E-state index contributed by atoms with van der Waals surface area (Å²) < 4.78 is 35.4. The van der Waals surface area contributed by atoms with Gasteiger partial charge in [-0.1, -0.05) is 13.8 Å². The number of amidine groups is 1. The molecule has 4 heterocycles. The molecule has 1 aromatic heterocycles. The second kappa shape index (κ2) is 10.4. The van der Waals surface area contributed by atoms with Gasteiger partial charge in [0.25, 0.3) is 5.91 Å². The van der Waals surface area contributed by atoms with E-state index in [9.17, 15) is 23.1 Å². The molecule has 1 fully saturated rings. The molecule has 1 atom stereocenters. The number of aromatic nitrogens is 1. The summed E-state index contributed by atoms with van der Waals surface area (Å²) in [4.78, 5) is 29.9. The molecule has 3 aliphatic rings. The Bertz CT molecular complexity index is 1600. The van der Waals surface area contributed by atoms with E-state index < -0.39 is 27.4 Å². The van der Waals surface area contributed by atoms with Crippen LogP contribution in [0.25, 0.3) is 10.9 Å². The van der Waals surface area contributed by atoms with Crippen LogP contribution in [-0.4, -0.2) is 84.2 Å². The molecule has 214 valence electrons. The molecular weight excluding hydrogens is 556 g/mol. The number of rotatable bonds is 5. The molecule has 0 radical (unpaired) electrons. The molecule has 1 unspecified atom stereocenters. The van der Waals surface area contributed by atoms with Crippen LogP contribution in [0.3, 0.4) is 0 Å². The van der Waals surface area contributed by atoms with Crippen molar-refractivity contribution in [2.24, 2.45) is 15.2 Å². The van der Waals surface area contributed by atoms with Gasteiger partial charge in [0.05, 0.1) is 22.4 Å². The maximum absolute atomic E-state index is 13.8. The van der Waals surface area contributed by atoms with Gasteiger partial charge in [0.2, 0.25) is 21.1 Å². The molecule has 1 aromatic carbocycles. The number of azo groups is 1. The van der Waals surface area contributed by atoms with Crippen molar-refractivity contribution in [3.05, 3.63) is 28.7 Å². The third-order valence-electron chi connectivity index (χ3n) is 7.67. The molecule has 5 rings (SSSR count). The number of carbonyl (C=O) groups is 2. The molecule has 1 amide bonds. The predicted molar refractivity (Wildman–Crippen MR) is 151 cm³/mol. The van der Waals surface area contributed by atoms with Crippen LogP contribution in [0, 0.1) is 0 Å². The van der Waals surface area contributed by atoms with Gasteiger partial charge in [0, 0.05) is 43.2 Å². The first-order valence-corrected chi connectivity index (χ1v) is 15.3. The molecule has 14 heteroatoms. The zero-order chi connectivity index (χ0) is 29.0. The van der Waals surface area contributed by atoms with Crippen molar-refractivity contribution in [1.29, 1.82) is 0 Å². The fourth-order valence-electron chi connectivity index (χ4n) is 5.69. The summed E-state index contributed by atoms with van der Waals surface area (Å²) in [6.07, 6.45) is 1.70. The summed E-state index contributed by atoms with van der Waals surface area (Å²) in [6.45, 7) is 11.1. The molecule has 3 aliphatic heterocycles. The lowest BCUT2D eigenvalue weighted by Gasteiger charge is -2.37. The van der Waals surface area contributed by atoms with E-state index in [0.717, 1.165) is 29.9 Å². The van der Waals surface area contributed by atoms with E-state index in [4.69, 9.17) is 0 Å². The summed E-state index contributed by atoms with van der Waals surface area (Å²) in [5, 5.41) is 20.2. The van der Waals surface area contributed by atoms with Crippen LogP contribution >= 0.6 is 11.8 Å². The highest BCUT2D eigenvalue weighted by Gasteiger charge is 2.39. The van der Waals surface area contributed by atoms with Crippen LogP contribution < -0.4 is 0 Å². The lowest BCUT2D eigenvalue weighted by atomic mass is 9.82. The largest absolute Gasteiger partial charge is 0.493 e. The Balaban J connectivity index is 1.60. The van der Waals surface area contributed by atoms with Gasteiger partial charge in [-0.25, -0.2) is 13.2 Å². The van der Waals surface area contributed by atoms with Crippen LogP contribution in [-0.2, 0) is 29.9 Å². The first-order valence-electron chi connectivity index (χ1n) is 13.0. The molecule has 40 heavy (non-hydrogen) atoms. The van der Waals surface area contributed by atoms with Gasteiger partial charge >= 0.3 is 5.97 Å². The highest BCUT2D eigenvalue weighted by atomic mass is 32.2. The van der Waals surface area contributed by atoms with E-state index in [0.29, 0.717) is 43.5 Å². The average Bonchev–Trinajstić information content (AvgIpc) is 3.41. The average molecular weight is 589 g/mol. The van der Waals surface area contributed by atoms with Gasteiger partial charge in [-0.05, 0) is 62.2 Å². The number of nitrogens with zero attached hydrogens (tertiary/aromatic N) is 6. The Morgan fingerprint density at radius 1 is 1.25 bits per heavy atom. The van der Waals surface area contributed by atoms with Crippen LogP contribution in [0.2, 0.25) is 0 Å². The molecule has 1 saturated heterocycles. The lowest BCUT2D eigenvalue weighted by Crippen LogP contribution is -2.48. The Morgan fingerprint density at radius 3 is 2.60 bits per heavy atom. The van der Waals surface area contributed by atoms with E-state index >= 15 is 0 Å². The molecule has 0 aliphatic carbocycles. The molecule has 2 aromatic rings. The summed E-state index contributed by atoms with van der Waals surface area (Å²) in [5.74, 6) is -1.47. The molecule has 12 nitrogen and oxygen atoms in total. The number of esters is 1. The number of methoxy groups -OCH3 is 1. The highest BCUT2D eigenvalue weighted by Crippen LogP contribution is 2.51. The minimum atomic E-state index is -3.81. The second-order valence-electron chi connectivity index (χ2n) is 10.7. The van der Waals surface area contributed by atoms with Gasteiger partial charge in [-0.15, -0.1) is 10.2 Å². The number of carbonyl (C=O) groups excluding carboxylic acids is 2. The SMILES string of the molecule is CCN1CCN(S(=O)(=O)c2cc3c4c(c2)c(N=NC2=NC(=O)/C(=C/C(=O)OC)S2)c(O)n4C(C)(C)CC3C)CC1. The topological polar surface area (TPSA) is 146 Å². The zero-order valence-electron chi connectivity index (χ0n) is 23.0. The Kier molecular flexibility index (Phi) is 7.40. The number of sulfonamides is 1. The number of benzene rings is 1. The maximum Gasteiger partial charge on any atom is 0.331 e. The van der Waals surface area contributed by atoms with Crippen molar-refractivity contribution in [3.63, 3.8) is 0 Å². The monoisotopic (exact) mass is 588 g/mol. The standard InChI is InChI=1S/C26H32N6O6S2/c1-6-30-7-9-31(10-8-30)40(36,37)16-11-17-15(2)14-26(3,4)32-22(17)18(12-16)21(24(32)35)28-29-25-27-23(34)19(39-25)13-20(33)38-5/h11-13,15,35H,6-10,14H2,1-5H3/b19-13-,29-28?. The minimum Gasteiger partial charge on any atom is -0.493 e. The van der Waals surface area contributed by atoms with E-state index in [1.807, 2.05) is 20.8 Å². The fourth-order valence-corrected chi connectivity index (χ4v) is 7.87. The minimum absolute atomic E-state index is 0.0132. The van der Waals surface area contributed by atoms with Gasteiger partial charge < -0.3 is 19.3 Å². The number of hydrogen-bond acceptors (Lipinski definition) is 10. The van der Waals surface area contributed by atoms with Crippen LogP contribution in [0.15, 0.2) is 43.2 Å². The van der Waals surface area contributed by atoms with Crippen molar-refractivity contribution >= 4 is 55.4 Å². The van der Waals surface area contributed by atoms with Crippen molar-refractivity contribution in [2.45, 2.75) is 50.5 Å². The van der Waals surface area contributed by atoms with Crippen LogP contribution in [0.1, 0.15) is 45.6 Å². The lowest BCUT2D eigenvalue weighted by molar-refractivity contribution is -0.135. The number of ether oxygens (including phenoxy) is 1. The number of amides is 1. The summed E-state index contributed by atoms with van der Waals surface area (Å²) in [6, 6.07) is 3.27. The van der Waals surface area contributed by atoms with Gasteiger partial charge in [-0.3, -0.25) is 4.79 Å². The van der Waals surface area contributed by atoms with Crippen LogP contribution in [0.4, 0.5) is 5.69 Å². The summed E-state index contributed by atoms with van der Waals surface area (Å²) in [5.41, 5.74) is 1.12. The van der Waals surface area contributed by atoms with Crippen LogP contribution in [0.5, 0.6) is 5.88 Å². The van der Waals surface area contributed by atoms with Crippen molar-refractivity contribution in [1.82, 2.24) is 13.8 Å². The van der Waals surface area contributed by atoms with Gasteiger partial charge in [0.15, 0.2) is 5.69 Å². The van der Waals surface area contributed by atoms with Crippen molar-refractivity contribution < 1.29 is 27.9 Å². The van der Waals surface area contributed by atoms with E-state index in [-0.39, 0.29) is 32.5 Å². The molecule has 1 N–H and O–H groups in total. The van der Waals surface area contributed by atoms with E-state index in [2.05, 4.69) is 31.8 Å². The summed E-state index contributed by atoms with van der Waals surface area (Å²) >= 11 is 0.855. The number of piperazine rings is 1. The Labute approximate surface area is 236 Å². The number of aromatic hydroxyl groups is 1. The van der Waals surface area contributed by atoms with Crippen molar-refractivity contribution in [3.8, 4) is 5.88 Å². The second-order valence-corrected chi connectivity index (χ2v) is 13.7. The fraction of sp³-hybridized carbons (Fsp3) is 0.500. The van der Waals surface area contributed by atoms with E-state index in [1.165, 1.54) is 11.4 Å². The van der Waals surface area contributed by atoms with Gasteiger partial charge in [-0.2, -0.15) is 9.30 Å². The molecular formula is C26H32N6O6S2. The normalized spacial score (nSPS) is 22.9. The number of likely N-dealkylation sites (N-methyl/N-ethyl adjacent to an activating group) is 1. The predicted octanol–water partition coefficient (Wildman–Crippen LogP) is 3.69. The first-order chi connectivity index (χ1) is 18.9.